The zero-order valence-corrected chi connectivity index (χ0v) is 36.1. The molecule has 8 aromatic carbocycles. The van der Waals surface area contributed by atoms with E-state index in [9.17, 15) is 10.2 Å². The van der Waals surface area contributed by atoms with Gasteiger partial charge < -0.3 is 29.2 Å². The van der Waals surface area contributed by atoms with Crippen LogP contribution in [0.15, 0.2) is 170 Å². The second kappa shape index (κ2) is 15.6. The standard InChI is InChI=1S/2C29H23NO3/c2*31-25-16-27-26(32-17-33-27)15-24(25)28-19-8-2-1-7-18(19)13-14-30(28)29-22-11-5-3-9-20(22)21-10-4-6-12-23(21)29/h2*1-12,15-16,28-29,31H,13-14,17H2/t2*28-/m00/s1. The van der Waals surface area contributed by atoms with Crippen molar-refractivity contribution in [1.29, 1.82) is 0 Å². The minimum absolute atomic E-state index is 0.103. The van der Waals surface area contributed by atoms with Crippen molar-refractivity contribution in [2.45, 2.75) is 37.0 Å². The van der Waals surface area contributed by atoms with Crippen LogP contribution >= 0.6 is 0 Å². The van der Waals surface area contributed by atoms with Gasteiger partial charge in [0.2, 0.25) is 13.6 Å². The number of ether oxygens (including phenoxy) is 4. The van der Waals surface area contributed by atoms with Gasteiger partial charge >= 0.3 is 0 Å². The summed E-state index contributed by atoms with van der Waals surface area (Å²) in [6.45, 7) is 2.16. The third-order valence-electron chi connectivity index (χ3n) is 14.5. The largest absolute Gasteiger partial charge is 0.507 e. The molecule has 0 fully saturated rings. The lowest BCUT2D eigenvalue weighted by molar-refractivity contribution is 0.168. The number of nitrogens with zero attached hydrogens (tertiary/aromatic N) is 2. The monoisotopic (exact) mass is 866 g/mol. The molecule has 0 saturated carbocycles. The van der Waals surface area contributed by atoms with Gasteiger partial charge in [0, 0.05) is 36.3 Å². The molecule has 4 heterocycles. The van der Waals surface area contributed by atoms with Gasteiger partial charge in [-0.25, -0.2) is 0 Å². The zero-order chi connectivity index (χ0) is 43.9. The first-order chi connectivity index (χ1) is 32.6. The van der Waals surface area contributed by atoms with Crippen molar-refractivity contribution >= 4 is 0 Å². The highest BCUT2D eigenvalue weighted by molar-refractivity contribution is 5.80. The molecule has 0 aromatic heterocycles. The Morgan fingerprint density at radius 2 is 0.621 bits per heavy atom. The molecule has 8 aromatic rings. The summed E-state index contributed by atoms with van der Waals surface area (Å²) >= 11 is 0. The Labute approximate surface area is 383 Å². The van der Waals surface area contributed by atoms with Crippen LogP contribution in [-0.2, 0) is 12.8 Å². The second-order valence-corrected chi connectivity index (χ2v) is 17.9. The average molecular weight is 867 g/mol. The molecule has 2 atom stereocenters. The topological polar surface area (TPSA) is 83.9 Å². The second-order valence-electron chi connectivity index (χ2n) is 17.9. The van der Waals surface area contributed by atoms with E-state index >= 15 is 0 Å². The molecule has 0 saturated heterocycles. The van der Waals surface area contributed by atoms with E-state index in [2.05, 4.69) is 155 Å². The zero-order valence-electron chi connectivity index (χ0n) is 36.1. The van der Waals surface area contributed by atoms with Crippen LogP contribution in [0.4, 0.5) is 0 Å². The van der Waals surface area contributed by atoms with Crippen LogP contribution in [0.3, 0.4) is 0 Å². The molecule has 6 aliphatic rings. The SMILES string of the molecule is Oc1cc2c(cc1[C@@H]1c3ccccc3CCN1C1c3ccccc3-c3ccccc31)OCO2.Oc1cc2c(cc1[C@@H]1c3ccccc3CCN1C1c3ccccc3-c3ccccc31)OCO2. The van der Waals surface area contributed by atoms with Gasteiger partial charge in [-0.2, -0.15) is 0 Å². The molecular formula is C58H46N2O6. The Kier molecular flexibility index (Phi) is 9.18. The fourth-order valence-electron chi connectivity index (χ4n) is 11.7. The van der Waals surface area contributed by atoms with Gasteiger partial charge in [-0.05, 0) is 91.7 Å². The quantitative estimate of drug-likeness (QED) is 0.181. The normalized spacial score (nSPS) is 18.6. The summed E-state index contributed by atoms with van der Waals surface area (Å²) in [6, 6.07) is 59.4. The molecule has 8 nitrogen and oxygen atoms in total. The van der Waals surface area contributed by atoms with Gasteiger partial charge in [-0.3, -0.25) is 9.80 Å². The Hall–Kier alpha value is -7.52. The highest BCUT2D eigenvalue weighted by Crippen LogP contribution is 2.55. The van der Waals surface area contributed by atoms with E-state index in [1.54, 1.807) is 12.1 Å². The smallest absolute Gasteiger partial charge is 0.231 e. The van der Waals surface area contributed by atoms with Gasteiger partial charge in [0.05, 0.1) is 24.2 Å². The third-order valence-corrected chi connectivity index (χ3v) is 14.5. The highest BCUT2D eigenvalue weighted by Gasteiger charge is 2.43. The molecule has 4 aliphatic heterocycles. The molecule has 14 rings (SSSR count). The molecule has 66 heavy (non-hydrogen) atoms. The lowest BCUT2D eigenvalue weighted by atomic mass is 9.85. The van der Waals surface area contributed by atoms with Crippen LogP contribution in [0.25, 0.3) is 22.3 Å². The van der Waals surface area contributed by atoms with Gasteiger partial charge in [0.25, 0.3) is 0 Å². The van der Waals surface area contributed by atoms with Crippen molar-refractivity contribution in [1.82, 2.24) is 9.80 Å². The number of phenols is 2. The Morgan fingerprint density at radius 3 is 0.985 bits per heavy atom. The van der Waals surface area contributed by atoms with Gasteiger partial charge in [0.1, 0.15) is 11.5 Å². The van der Waals surface area contributed by atoms with Crippen molar-refractivity contribution in [3.05, 3.63) is 225 Å². The van der Waals surface area contributed by atoms with Crippen molar-refractivity contribution in [2.75, 3.05) is 26.7 Å². The van der Waals surface area contributed by atoms with Gasteiger partial charge in [-0.15, -0.1) is 0 Å². The molecule has 2 N–H and O–H groups in total. The minimum atomic E-state index is -0.103. The van der Waals surface area contributed by atoms with Gasteiger partial charge in [0.15, 0.2) is 23.0 Å². The number of hydrogen-bond acceptors (Lipinski definition) is 8. The van der Waals surface area contributed by atoms with Crippen LogP contribution in [0.1, 0.15) is 79.8 Å². The Morgan fingerprint density at radius 1 is 0.333 bits per heavy atom. The first-order valence-electron chi connectivity index (χ1n) is 22.9. The number of aromatic hydroxyl groups is 2. The van der Waals surface area contributed by atoms with Crippen LogP contribution in [0.2, 0.25) is 0 Å². The molecule has 0 radical (unpaired) electrons. The fraction of sp³-hybridized carbons (Fsp3) is 0.172. The maximum Gasteiger partial charge on any atom is 0.231 e. The number of fused-ring (bicyclic) bond motifs is 10. The van der Waals surface area contributed by atoms with Crippen LogP contribution in [0, 0.1) is 0 Å². The van der Waals surface area contributed by atoms with E-state index in [0.29, 0.717) is 23.0 Å². The summed E-state index contributed by atoms with van der Waals surface area (Å²) in [6.07, 6.45) is 1.94. The van der Waals surface area contributed by atoms with Crippen molar-refractivity contribution in [3.63, 3.8) is 0 Å². The van der Waals surface area contributed by atoms with E-state index in [1.165, 1.54) is 66.8 Å². The molecule has 2 aliphatic carbocycles. The summed E-state index contributed by atoms with van der Waals surface area (Å²) in [7, 11) is 0. The van der Waals surface area contributed by atoms with E-state index < -0.39 is 0 Å². The summed E-state index contributed by atoms with van der Waals surface area (Å²) in [4.78, 5) is 5.09. The van der Waals surface area contributed by atoms with E-state index in [-0.39, 0.29) is 49.3 Å². The third kappa shape index (κ3) is 6.12. The number of benzene rings is 8. The van der Waals surface area contributed by atoms with Crippen molar-refractivity contribution in [3.8, 4) is 56.8 Å². The first-order valence-corrected chi connectivity index (χ1v) is 22.9. The van der Waals surface area contributed by atoms with Crippen LogP contribution < -0.4 is 18.9 Å². The minimum Gasteiger partial charge on any atom is -0.507 e. The summed E-state index contributed by atoms with van der Waals surface area (Å²) in [5, 5.41) is 22.3. The number of phenolic OH excluding ortho intramolecular Hbond substituents is 2. The van der Waals surface area contributed by atoms with E-state index in [0.717, 1.165) is 37.1 Å². The van der Waals surface area contributed by atoms with Gasteiger partial charge in [-0.1, -0.05) is 146 Å². The Bertz CT molecular complexity index is 2910. The average Bonchev–Trinajstić information content (AvgIpc) is 4.17. The molecule has 0 unspecified atom stereocenters. The molecule has 0 bridgehead atoms. The lowest BCUT2D eigenvalue weighted by Crippen LogP contribution is -2.38. The summed E-state index contributed by atoms with van der Waals surface area (Å²) in [5.41, 5.74) is 17.3. The van der Waals surface area contributed by atoms with E-state index in [4.69, 9.17) is 18.9 Å². The number of hydrogen-bond donors (Lipinski definition) is 2. The molecule has 324 valence electrons. The molecule has 0 spiro atoms. The molecule has 8 heteroatoms. The number of rotatable bonds is 4. The molecule has 0 amide bonds. The maximum absolute atomic E-state index is 11.1. The van der Waals surface area contributed by atoms with E-state index in [1.807, 2.05) is 12.1 Å². The van der Waals surface area contributed by atoms with Crippen LogP contribution in [-0.4, -0.2) is 46.7 Å². The highest BCUT2D eigenvalue weighted by atomic mass is 16.7. The van der Waals surface area contributed by atoms with Crippen molar-refractivity contribution in [2.24, 2.45) is 0 Å². The fourth-order valence-corrected chi connectivity index (χ4v) is 11.7. The van der Waals surface area contributed by atoms with Crippen molar-refractivity contribution < 1.29 is 29.2 Å². The predicted octanol–water partition coefficient (Wildman–Crippen LogP) is 11.7. The summed E-state index contributed by atoms with van der Waals surface area (Å²) in [5.74, 6) is 3.07. The first kappa shape index (κ1) is 38.9. The van der Waals surface area contributed by atoms with Crippen LogP contribution in [0.5, 0.6) is 34.5 Å². The lowest BCUT2D eigenvalue weighted by Gasteiger charge is -2.42. The Balaban J connectivity index is 0.000000132. The predicted molar refractivity (Wildman–Crippen MR) is 253 cm³/mol. The summed E-state index contributed by atoms with van der Waals surface area (Å²) < 4.78 is 22.4. The maximum atomic E-state index is 11.1. The molecular weight excluding hydrogens is 821 g/mol.